The number of nitrogens with zero attached hydrogens (tertiary/aromatic N) is 2. The number of carbonyl (C=O) groups is 1. The van der Waals surface area contributed by atoms with Crippen molar-refractivity contribution in [2.45, 2.75) is 77.2 Å². The molecule has 198 valence electrons. The third kappa shape index (κ3) is 5.79. The third-order valence-electron chi connectivity index (χ3n) is 8.63. The van der Waals surface area contributed by atoms with E-state index in [0.29, 0.717) is 21.1 Å². The molecule has 1 saturated carbocycles. The molecule has 1 saturated heterocycles. The van der Waals surface area contributed by atoms with Crippen LogP contribution < -0.4 is 4.74 Å². The first kappa shape index (κ1) is 26.8. The molecule has 2 fully saturated rings. The minimum Gasteiger partial charge on any atom is -0.497 e. The van der Waals surface area contributed by atoms with E-state index in [1.807, 2.05) is 16.7 Å². The zero-order chi connectivity index (χ0) is 25.9. The third-order valence-corrected chi connectivity index (χ3v) is 9.53. The molecule has 2 heterocycles. The maximum atomic E-state index is 13.8. The van der Waals surface area contributed by atoms with Crippen molar-refractivity contribution < 1.29 is 9.53 Å². The second kappa shape index (κ2) is 11.9. The Bertz CT molecular complexity index is 1260. The molecular formula is C31H38BrClN2O2. The van der Waals surface area contributed by atoms with Gasteiger partial charge in [-0.3, -0.25) is 9.36 Å². The SMILES string of the molecule is COc1ccc2c(c1)c(CCN1CCCCC1CC1CCCCC1)c(C)n2C(=O)c1ccc(Cl)cc1Br. The number of rotatable bonds is 7. The molecule has 37 heavy (non-hydrogen) atoms. The number of benzene rings is 2. The van der Waals surface area contributed by atoms with Crippen molar-refractivity contribution in [3.05, 3.63) is 62.7 Å². The van der Waals surface area contributed by atoms with Crippen LogP contribution in [0.5, 0.6) is 5.75 Å². The van der Waals surface area contributed by atoms with Crippen LogP contribution in [0.4, 0.5) is 0 Å². The molecule has 0 radical (unpaired) electrons. The van der Waals surface area contributed by atoms with E-state index in [0.717, 1.165) is 41.2 Å². The van der Waals surface area contributed by atoms with E-state index in [4.69, 9.17) is 16.3 Å². The highest BCUT2D eigenvalue weighted by atomic mass is 79.9. The van der Waals surface area contributed by atoms with Crippen molar-refractivity contribution in [3.63, 3.8) is 0 Å². The molecule has 2 aliphatic rings. The topological polar surface area (TPSA) is 34.5 Å². The highest BCUT2D eigenvalue weighted by molar-refractivity contribution is 9.10. The molecule has 2 aromatic carbocycles. The number of methoxy groups -OCH3 is 1. The van der Waals surface area contributed by atoms with Crippen LogP contribution in [0.3, 0.4) is 0 Å². The van der Waals surface area contributed by atoms with E-state index in [-0.39, 0.29) is 5.91 Å². The van der Waals surface area contributed by atoms with Gasteiger partial charge in [-0.2, -0.15) is 0 Å². The van der Waals surface area contributed by atoms with Crippen LogP contribution >= 0.6 is 27.5 Å². The average molecular weight is 586 g/mol. The second-order valence-electron chi connectivity index (χ2n) is 10.9. The van der Waals surface area contributed by atoms with Gasteiger partial charge in [0.15, 0.2) is 0 Å². The van der Waals surface area contributed by atoms with Crippen molar-refractivity contribution in [3.8, 4) is 5.75 Å². The van der Waals surface area contributed by atoms with E-state index >= 15 is 0 Å². The quantitative estimate of drug-likeness (QED) is 0.279. The predicted molar refractivity (Wildman–Crippen MR) is 156 cm³/mol. The van der Waals surface area contributed by atoms with Crippen molar-refractivity contribution in [2.24, 2.45) is 5.92 Å². The summed E-state index contributed by atoms with van der Waals surface area (Å²) >= 11 is 9.70. The Hall–Kier alpha value is -1.82. The lowest BCUT2D eigenvalue weighted by Crippen LogP contribution is -2.42. The van der Waals surface area contributed by atoms with Gasteiger partial charge in [-0.1, -0.05) is 50.1 Å². The van der Waals surface area contributed by atoms with Gasteiger partial charge in [-0.25, -0.2) is 0 Å². The number of halogens is 2. The standard InChI is InChI=1S/C31H38BrClN2O2/c1-21-26(15-17-34-16-7-6-10-24(34)18-22-8-4-3-5-9-22)28-20-25(37-2)12-14-30(28)35(21)31(36)27-13-11-23(33)19-29(27)32/h11-14,19-20,22,24H,3-10,15-18H2,1-2H3. The highest BCUT2D eigenvalue weighted by Gasteiger charge is 2.27. The minimum absolute atomic E-state index is 0.0457. The molecule has 6 heteroatoms. The van der Waals surface area contributed by atoms with Gasteiger partial charge in [-0.05, 0) is 103 Å². The Morgan fingerprint density at radius 1 is 1.05 bits per heavy atom. The van der Waals surface area contributed by atoms with Gasteiger partial charge >= 0.3 is 0 Å². The first-order valence-electron chi connectivity index (χ1n) is 13.9. The smallest absolute Gasteiger partial charge is 0.263 e. The number of fused-ring (bicyclic) bond motifs is 1. The van der Waals surface area contributed by atoms with Gasteiger partial charge in [-0.15, -0.1) is 0 Å². The van der Waals surface area contributed by atoms with Crippen LogP contribution in [0.25, 0.3) is 10.9 Å². The number of hydrogen-bond acceptors (Lipinski definition) is 3. The molecule has 0 spiro atoms. The fraction of sp³-hybridized carbons (Fsp3) is 0.516. The van der Waals surface area contributed by atoms with Gasteiger partial charge < -0.3 is 9.64 Å². The fourth-order valence-corrected chi connectivity index (χ4v) is 7.49. The van der Waals surface area contributed by atoms with Gasteiger partial charge in [0.05, 0.1) is 18.2 Å². The zero-order valence-electron chi connectivity index (χ0n) is 22.1. The van der Waals surface area contributed by atoms with Crippen molar-refractivity contribution >= 4 is 44.3 Å². The Morgan fingerprint density at radius 2 is 1.84 bits per heavy atom. The number of aromatic nitrogens is 1. The first-order chi connectivity index (χ1) is 18.0. The van der Waals surface area contributed by atoms with E-state index < -0.39 is 0 Å². The lowest BCUT2D eigenvalue weighted by Gasteiger charge is -2.38. The number of carbonyl (C=O) groups excluding carboxylic acids is 1. The normalized spacial score (nSPS) is 19.4. The van der Waals surface area contributed by atoms with E-state index in [1.54, 1.807) is 25.3 Å². The van der Waals surface area contributed by atoms with Gasteiger partial charge in [0.2, 0.25) is 0 Å². The molecule has 1 atom stereocenters. The molecular weight excluding hydrogens is 548 g/mol. The van der Waals surface area contributed by atoms with Crippen LogP contribution in [-0.4, -0.2) is 41.6 Å². The molecule has 1 aromatic heterocycles. The molecule has 0 amide bonds. The summed E-state index contributed by atoms with van der Waals surface area (Å²) in [5.74, 6) is 1.68. The van der Waals surface area contributed by atoms with Gasteiger partial charge in [0, 0.05) is 33.2 Å². The summed E-state index contributed by atoms with van der Waals surface area (Å²) in [6.45, 7) is 4.31. The molecule has 1 aliphatic heterocycles. The summed E-state index contributed by atoms with van der Waals surface area (Å²) in [5, 5.41) is 1.71. The maximum Gasteiger partial charge on any atom is 0.263 e. The predicted octanol–water partition coefficient (Wildman–Crippen LogP) is 8.43. The summed E-state index contributed by atoms with van der Waals surface area (Å²) in [5.41, 5.74) is 3.79. The van der Waals surface area contributed by atoms with Crippen LogP contribution in [0, 0.1) is 12.8 Å². The van der Waals surface area contributed by atoms with Gasteiger partial charge in [0.25, 0.3) is 5.91 Å². The monoisotopic (exact) mass is 584 g/mol. The molecule has 0 bridgehead atoms. The minimum atomic E-state index is -0.0457. The fourth-order valence-electron chi connectivity index (χ4n) is 6.63. The van der Waals surface area contributed by atoms with Crippen molar-refractivity contribution in [1.82, 2.24) is 9.47 Å². The lowest BCUT2D eigenvalue weighted by molar-refractivity contribution is 0.0961. The molecule has 5 rings (SSSR count). The van der Waals surface area contributed by atoms with Crippen LogP contribution in [0.1, 0.15) is 79.4 Å². The van der Waals surface area contributed by atoms with E-state index in [2.05, 4.69) is 33.8 Å². The Morgan fingerprint density at radius 3 is 2.59 bits per heavy atom. The highest BCUT2D eigenvalue weighted by Crippen LogP contribution is 2.34. The van der Waals surface area contributed by atoms with E-state index in [9.17, 15) is 4.79 Å². The van der Waals surface area contributed by atoms with Crippen LogP contribution in [0.15, 0.2) is 40.9 Å². The van der Waals surface area contributed by atoms with Crippen molar-refractivity contribution in [2.75, 3.05) is 20.2 Å². The van der Waals surface area contributed by atoms with Crippen LogP contribution in [-0.2, 0) is 6.42 Å². The first-order valence-corrected chi connectivity index (χ1v) is 15.0. The number of likely N-dealkylation sites (tertiary alicyclic amines) is 1. The zero-order valence-corrected chi connectivity index (χ0v) is 24.4. The Balaban J connectivity index is 1.44. The van der Waals surface area contributed by atoms with E-state index in [1.165, 1.54) is 69.9 Å². The molecule has 4 nitrogen and oxygen atoms in total. The summed E-state index contributed by atoms with van der Waals surface area (Å²) in [6, 6.07) is 12.1. The Kier molecular flexibility index (Phi) is 8.63. The summed E-state index contributed by atoms with van der Waals surface area (Å²) in [6.07, 6.45) is 13.3. The molecule has 1 aliphatic carbocycles. The van der Waals surface area contributed by atoms with Crippen LogP contribution in [0.2, 0.25) is 5.02 Å². The largest absolute Gasteiger partial charge is 0.497 e. The molecule has 0 N–H and O–H groups in total. The van der Waals surface area contributed by atoms with Gasteiger partial charge in [0.1, 0.15) is 5.75 Å². The number of piperidine rings is 1. The molecule has 1 unspecified atom stereocenters. The molecule has 3 aromatic rings. The number of ether oxygens (including phenoxy) is 1. The summed E-state index contributed by atoms with van der Waals surface area (Å²) in [4.78, 5) is 16.6. The second-order valence-corrected chi connectivity index (χ2v) is 12.2. The summed E-state index contributed by atoms with van der Waals surface area (Å²) in [7, 11) is 1.70. The number of hydrogen-bond donors (Lipinski definition) is 0. The average Bonchev–Trinajstić information content (AvgIpc) is 3.18. The summed E-state index contributed by atoms with van der Waals surface area (Å²) < 4.78 is 8.15. The maximum absolute atomic E-state index is 13.8. The van der Waals surface area contributed by atoms with Crippen molar-refractivity contribution in [1.29, 1.82) is 0 Å². The Labute approximate surface area is 234 Å². The lowest BCUT2D eigenvalue weighted by atomic mass is 9.82.